The molecule has 0 unspecified atom stereocenters. The van der Waals surface area contributed by atoms with Crippen LogP contribution in [0.25, 0.3) is 10.9 Å². The number of ether oxygens (including phenoxy) is 2. The van der Waals surface area contributed by atoms with Crippen molar-refractivity contribution in [2.24, 2.45) is 5.92 Å². The number of esters is 1. The van der Waals surface area contributed by atoms with E-state index in [0.717, 1.165) is 28.9 Å². The normalized spacial score (nSPS) is 22.1. The summed E-state index contributed by atoms with van der Waals surface area (Å²) < 4.78 is 10.7. The van der Waals surface area contributed by atoms with Gasteiger partial charge < -0.3 is 19.8 Å². The van der Waals surface area contributed by atoms with Gasteiger partial charge in [-0.25, -0.2) is 0 Å². The molecule has 0 bridgehead atoms. The van der Waals surface area contributed by atoms with Crippen molar-refractivity contribution in [3.63, 3.8) is 0 Å². The van der Waals surface area contributed by atoms with Crippen molar-refractivity contribution in [3.05, 3.63) is 65.9 Å². The van der Waals surface area contributed by atoms with E-state index >= 15 is 0 Å². The Bertz CT molecular complexity index is 932. The molecule has 4 rings (SSSR count). The first-order valence-electron chi connectivity index (χ1n) is 9.32. The van der Waals surface area contributed by atoms with Gasteiger partial charge in [-0.2, -0.15) is 0 Å². The van der Waals surface area contributed by atoms with Crippen molar-refractivity contribution < 1.29 is 14.3 Å². The van der Waals surface area contributed by atoms with E-state index < -0.39 is 0 Å². The van der Waals surface area contributed by atoms with Crippen LogP contribution in [0.5, 0.6) is 5.75 Å². The number of carbonyl (C=O) groups is 1. The molecule has 5 heteroatoms. The topological polar surface area (TPSA) is 63.4 Å². The Morgan fingerprint density at radius 2 is 1.89 bits per heavy atom. The molecule has 1 aliphatic heterocycles. The van der Waals surface area contributed by atoms with Crippen LogP contribution in [0.2, 0.25) is 0 Å². The fraction of sp³-hybridized carbons (Fsp3) is 0.318. The maximum Gasteiger partial charge on any atom is 0.311 e. The van der Waals surface area contributed by atoms with Crippen LogP contribution in [0.3, 0.4) is 0 Å². The van der Waals surface area contributed by atoms with Crippen molar-refractivity contribution in [1.29, 1.82) is 0 Å². The first-order valence-corrected chi connectivity index (χ1v) is 9.32. The lowest BCUT2D eigenvalue weighted by Gasteiger charge is -2.23. The molecule has 1 aromatic heterocycles. The summed E-state index contributed by atoms with van der Waals surface area (Å²) in [4.78, 5) is 16.1. The molecule has 2 heterocycles. The Labute approximate surface area is 158 Å². The van der Waals surface area contributed by atoms with E-state index in [2.05, 4.69) is 34.6 Å². The first kappa shape index (κ1) is 17.6. The third-order valence-electron chi connectivity index (χ3n) is 5.39. The molecule has 1 saturated heterocycles. The van der Waals surface area contributed by atoms with Crippen LogP contribution in [0.4, 0.5) is 0 Å². The predicted octanol–water partition coefficient (Wildman–Crippen LogP) is 3.78. The SMILES string of the molecule is CCOC(=O)[C@H]1[C@@H](c2ccc3cc[nH]c3c2)CN[C@H]1c1ccc(OC)cc1. The molecule has 0 saturated carbocycles. The lowest BCUT2D eigenvalue weighted by atomic mass is 9.82. The van der Waals surface area contributed by atoms with Crippen molar-refractivity contribution in [2.45, 2.75) is 18.9 Å². The van der Waals surface area contributed by atoms with E-state index in [1.165, 1.54) is 5.39 Å². The Morgan fingerprint density at radius 1 is 1.11 bits per heavy atom. The monoisotopic (exact) mass is 364 g/mol. The average molecular weight is 364 g/mol. The molecule has 0 aliphatic carbocycles. The fourth-order valence-corrected chi connectivity index (χ4v) is 4.04. The summed E-state index contributed by atoms with van der Waals surface area (Å²) in [6, 6.07) is 16.2. The highest BCUT2D eigenvalue weighted by molar-refractivity contribution is 5.81. The van der Waals surface area contributed by atoms with E-state index in [9.17, 15) is 4.79 Å². The molecular formula is C22H24N2O3. The van der Waals surface area contributed by atoms with Gasteiger partial charge in [-0.3, -0.25) is 4.79 Å². The highest BCUT2D eigenvalue weighted by Gasteiger charge is 2.43. The van der Waals surface area contributed by atoms with E-state index in [1.807, 2.05) is 37.4 Å². The number of aromatic amines is 1. The second kappa shape index (κ2) is 7.45. The van der Waals surface area contributed by atoms with Crippen LogP contribution in [0.1, 0.15) is 30.0 Å². The summed E-state index contributed by atoms with van der Waals surface area (Å²) in [5, 5.41) is 4.71. The van der Waals surface area contributed by atoms with Crippen LogP contribution in [0, 0.1) is 5.92 Å². The van der Waals surface area contributed by atoms with Crippen LogP contribution >= 0.6 is 0 Å². The number of nitrogens with one attached hydrogen (secondary N) is 2. The number of hydrogen-bond donors (Lipinski definition) is 2. The Kier molecular flexibility index (Phi) is 4.86. The van der Waals surface area contributed by atoms with Gasteiger partial charge in [0.05, 0.1) is 19.6 Å². The predicted molar refractivity (Wildman–Crippen MR) is 105 cm³/mol. The van der Waals surface area contributed by atoms with E-state index in [-0.39, 0.29) is 23.8 Å². The van der Waals surface area contributed by atoms with Crippen LogP contribution in [-0.4, -0.2) is 31.2 Å². The minimum atomic E-state index is -0.272. The Balaban J connectivity index is 1.69. The van der Waals surface area contributed by atoms with Crippen molar-refractivity contribution in [1.82, 2.24) is 10.3 Å². The third-order valence-corrected chi connectivity index (χ3v) is 5.39. The number of hydrogen-bond acceptors (Lipinski definition) is 4. The summed E-state index contributed by atoms with van der Waals surface area (Å²) in [6.45, 7) is 2.96. The molecule has 140 valence electrons. The number of methoxy groups -OCH3 is 1. The smallest absolute Gasteiger partial charge is 0.311 e. The molecule has 0 amide bonds. The zero-order chi connectivity index (χ0) is 18.8. The van der Waals surface area contributed by atoms with Gasteiger partial charge in [0, 0.05) is 30.2 Å². The minimum Gasteiger partial charge on any atom is -0.497 e. The van der Waals surface area contributed by atoms with Gasteiger partial charge in [-0.1, -0.05) is 24.3 Å². The quantitative estimate of drug-likeness (QED) is 0.676. The maximum atomic E-state index is 12.9. The number of H-pyrrole nitrogens is 1. The van der Waals surface area contributed by atoms with Crippen LogP contribution in [-0.2, 0) is 9.53 Å². The van der Waals surface area contributed by atoms with Crippen molar-refractivity contribution in [2.75, 3.05) is 20.3 Å². The average Bonchev–Trinajstić information content (AvgIpc) is 3.34. The number of rotatable bonds is 5. The summed E-state index contributed by atoms with van der Waals surface area (Å²) in [7, 11) is 1.65. The number of aromatic nitrogens is 1. The largest absolute Gasteiger partial charge is 0.497 e. The second-order valence-electron chi connectivity index (χ2n) is 6.87. The maximum absolute atomic E-state index is 12.9. The fourth-order valence-electron chi connectivity index (χ4n) is 4.04. The molecule has 1 aliphatic rings. The highest BCUT2D eigenvalue weighted by Crippen LogP contribution is 2.41. The molecule has 0 spiro atoms. The van der Waals surface area contributed by atoms with Crippen molar-refractivity contribution in [3.8, 4) is 5.75 Å². The summed E-state index contributed by atoms with van der Waals surface area (Å²) in [5.41, 5.74) is 3.30. The lowest BCUT2D eigenvalue weighted by Crippen LogP contribution is -2.27. The van der Waals surface area contributed by atoms with Gasteiger partial charge in [0.1, 0.15) is 5.75 Å². The molecule has 2 N–H and O–H groups in total. The first-order chi connectivity index (χ1) is 13.2. The molecule has 5 nitrogen and oxygen atoms in total. The van der Waals surface area contributed by atoms with E-state index in [1.54, 1.807) is 7.11 Å². The van der Waals surface area contributed by atoms with Gasteiger partial charge in [-0.05, 0) is 47.7 Å². The molecule has 1 fully saturated rings. The number of benzene rings is 2. The van der Waals surface area contributed by atoms with Gasteiger partial charge in [0.25, 0.3) is 0 Å². The molecule has 3 aromatic rings. The molecule has 2 aromatic carbocycles. The van der Waals surface area contributed by atoms with Gasteiger partial charge in [0.15, 0.2) is 0 Å². The van der Waals surface area contributed by atoms with Crippen LogP contribution in [0.15, 0.2) is 54.7 Å². The second-order valence-corrected chi connectivity index (χ2v) is 6.87. The zero-order valence-corrected chi connectivity index (χ0v) is 15.6. The number of carbonyl (C=O) groups excluding carboxylic acids is 1. The number of fused-ring (bicyclic) bond motifs is 1. The van der Waals surface area contributed by atoms with Gasteiger partial charge in [-0.15, -0.1) is 0 Å². The van der Waals surface area contributed by atoms with Gasteiger partial charge >= 0.3 is 5.97 Å². The van der Waals surface area contributed by atoms with E-state index in [4.69, 9.17) is 9.47 Å². The van der Waals surface area contributed by atoms with Crippen molar-refractivity contribution >= 4 is 16.9 Å². The van der Waals surface area contributed by atoms with Crippen LogP contribution < -0.4 is 10.1 Å². The molecular weight excluding hydrogens is 340 g/mol. The summed E-state index contributed by atoms with van der Waals surface area (Å²) in [6.07, 6.45) is 1.93. The Morgan fingerprint density at radius 3 is 2.63 bits per heavy atom. The summed E-state index contributed by atoms with van der Waals surface area (Å²) in [5.74, 6) is 0.438. The molecule has 0 radical (unpaired) electrons. The molecule has 3 atom stereocenters. The minimum absolute atomic E-state index is 0.0591. The zero-order valence-electron chi connectivity index (χ0n) is 15.6. The highest BCUT2D eigenvalue weighted by atomic mass is 16.5. The molecule has 27 heavy (non-hydrogen) atoms. The van der Waals surface area contributed by atoms with Gasteiger partial charge in [0.2, 0.25) is 0 Å². The summed E-state index contributed by atoms with van der Waals surface area (Å²) >= 11 is 0. The third kappa shape index (κ3) is 3.30. The standard InChI is InChI=1S/C22H24N2O3/c1-3-27-22(25)20-18(16-5-4-14-10-11-23-19(14)12-16)13-24-21(20)15-6-8-17(26-2)9-7-15/h4-12,18,20-21,23-24H,3,13H2,1-2H3/t18-,20+,21+/m1/s1. The van der Waals surface area contributed by atoms with E-state index in [0.29, 0.717) is 6.61 Å². The Hall–Kier alpha value is -2.79. The lowest BCUT2D eigenvalue weighted by molar-refractivity contribution is -0.148.